The van der Waals surface area contributed by atoms with Crippen molar-refractivity contribution in [2.24, 2.45) is 5.92 Å². The Morgan fingerprint density at radius 2 is 1.89 bits per heavy atom. The number of unbranched alkanes of at least 4 members (excludes halogenated alkanes) is 1. The van der Waals surface area contributed by atoms with Gasteiger partial charge >= 0.3 is 0 Å². The van der Waals surface area contributed by atoms with Gasteiger partial charge in [-0.2, -0.15) is 0 Å². The average Bonchev–Trinajstić information content (AvgIpc) is 2.44. The van der Waals surface area contributed by atoms with Crippen LogP contribution in [0.2, 0.25) is 0 Å². The van der Waals surface area contributed by atoms with Gasteiger partial charge < -0.3 is 10.2 Å². The topological polar surface area (TPSA) is 15.3 Å². The first-order valence-electron chi connectivity index (χ1n) is 8.70. The molecular weight excluding hydrogens is 232 g/mol. The smallest absolute Gasteiger partial charge is 0.0107 e. The number of hydrogen-bond acceptors (Lipinski definition) is 2. The Labute approximate surface area is 121 Å². The van der Waals surface area contributed by atoms with Crippen molar-refractivity contribution in [3.05, 3.63) is 0 Å². The highest BCUT2D eigenvalue weighted by molar-refractivity contribution is 4.84. The van der Waals surface area contributed by atoms with E-state index >= 15 is 0 Å². The molecule has 1 saturated carbocycles. The van der Waals surface area contributed by atoms with Crippen LogP contribution >= 0.6 is 0 Å². The van der Waals surface area contributed by atoms with Gasteiger partial charge in [0.15, 0.2) is 0 Å². The van der Waals surface area contributed by atoms with Crippen molar-refractivity contribution in [2.45, 2.75) is 84.7 Å². The summed E-state index contributed by atoms with van der Waals surface area (Å²) in [4.78, 5) is 2.75. The fourth-order valence-corrected chi connectivity index (χ4v) is 3.37. The third-order valence-corrected chi connectivity index (χ3v) is 4.86. The normalized spacial score (nSPS) is 25.7. The van der Waals surface area contributed by atoms with Crippen molar-refractivity contribution in [3.8, 4) is 0 Å². The van der Waals surface area contributed by atoms with Crippen LogP contribution in [0.5, 0.6) is 0 Å². The summed E-state index contributed by atoms with van der Waals surface area (Å²) in [6.07, 6.45) is 9.62. The average molecular weight is 268 g/mol. The molecule has 2 nitrogen and oxygen atoms in total. The van der Waals surface area contributed by atoms with Gasteiger partial charge in [0.05, 0.1) is 0 Å². The maximum Gasteiger partial charge on any atom is 0.0107 e. The fraction of sp³-hybridized carbons (Fsp3) is 1.00. The SMILES string of the molecule is CCCCN(CC1CCCCC1NCC)C(C)CC. The van der Waals surface area contributed by atoms with Gasteiger partial charge in [-0.3, -0.25) is 0 Å². The second kappa shape index (κ2) is 9.77. The minimum absolute atomic E-state index is 0.746. The predicted octanol–water partition coefficient (Wildman–Crippen LogP) is 4.06. The molecule has 0 aliphatic heterocycles. The molecule has 0 bridgehead atoms. The third-order valence-electron chi connectivity index (χ3n) is 4.86. The molecule has 2 heteroatoms. The minimum atomic E-state index is 0.746. The highest BCUT2D eigenvalue weighted by Crippen LogP contribution is 2.26. The monoisotopic (exact) mass is 268 g/mol. The van der Waals surface area contributed by atoms with E-state index in [1.165, 1.54) is 58.0 Å². The molecule has 0 spiro atoms. The quantitative estimate of drug-likeness (QED) is 0.678. The van der Waals surface area contributed by atoms with E-state index in [1.54, 1.807) is 0 Å². The molecule has 0 amide bonds. The summed E-state index contributed by atoms with van der Waals surface area (Å²) >= 11 is 0. The van der Waals surface area contributed by atoms with Gasteiger partial charge in [0, 0.05) is 18.6 Å². The Hall–Kier alpha value is -0.0800. The third kappa shape index (κ3) is 5.83. The molecule has 3 atom stereocenters. The molecule has 1 N–H and O–H groups in total. The highest BCUT2D eigenvalue weighted by Gasteiger charge is 2.27. The van der Waals surface area contributed by atoms with Crippen molar-refractivity contribution >= 4 is 0 Å². The molecule has 114 valence electrons. The van der Waals surface area contributed by atoms with Crippen molar-refractivity contribution in [3.63, 3.8) is 0 Å². The second-order valence-electron chi connectivity index (χ2n) is 6.31. The largest absolute Gasteiger partial charge is 0.314 e. The van der Waals surface area contributed by atoms with Crippen LogP contribution in [0.15, 0.2) is 0 Å². The first-order valence-corrected chi connectivity index (χ1v) is 8.70. The van der Waals surface area contributed by atoms with E-state index in [-0.39, 0.29) is 0 Å². The summed E-state index contributed by atoms with van der Waals surface area (Å²) in [5.41, 5.74) is 0. The summed E-state index contributed by atoms with van der Waals surface area (Å²) in [5, 5.41) is 3.73. The van der Waals surface area contributed by atoms with Gasteiger partial charge in [-0.05, 0) is 51.6 Å². The molecule has 1 aliphatic carbocycles. The molecule has 1 aliphatic rings. The number of hydrogen-bond donors (Lipinski definition) is 1. The molecular formula is C17H36N2. The van der Waals surface area contributed by atoms with Crippen LogP contribution in [-0.4, -0.2) is 36.6 Å². The van der Waals surface area contributed by atoms with Crippen molar-refractivity contribution < 1.29 is 0 Å². The first kappa shape index (κ1) is 17.0. The minimum Gasteiger partial charge on any atom is -0.314 e. The van der Waals surface area contributed by atoms with E-state index in [1.807, 2.05) is 0 Å². The maximum absolute atomic E-state index is 3.73. The molecule has 0 saturated heterocycles. The Morgan fingerprint density at radius 3 is 2.53 bits per heavy atom. The van der Waals surface area contributed by atoms with Crippen LogP contribution < -0.4 is 5.32 Å². The Bertz CT molecular complexity index is 215. The highest BCUT2D eigenvalue weighted by atomic mass is 15.2. The van der Waals surface area contributed by atoms with E-state index < -0.39 is 0 Å². The van der Waals surface area contributed by atoms with E-state index in [4.69, 9.17) is 0 Å². The first-order chi connectivity index (χ1) is 9.22. The van der Waals surface area contributed by atoms with E-state index in [0.29, 0.717) is 0 Å². The molecule has 0 aromatic heterocycles. The zero-order chi connectivity index (χ0) is 14.1. The van der Waals surface area contributed by atoms with Crippen LogP contribution in [0.4, 0.5) is 0 Å². The molecule has 0 heterocycles. The Morgan fingerprint density at radius 1 is 1.16 bits per heavy atom. The fourth-order valence-electron chi connectivity index (χ4n) is 3.37. The number of nitrogens with zero attached hydrogens (tertiary/aromatic N) is 1. The lowest BCUT2D eigenvalue weighted by atomic mass is 9.83. The lowest BCUT2D eigenvalue weighted by Crippen LogP contribution is -2.46. The van der Waals surface area contributed by atoms with Gasteiger partial charge in [0.25, 0.3) is 0 Å². The standard InChI is InChI=1S/C17H36N2/c1-5-8-13-19(15(4)6-2)14-16-11-9-10-12-17(16)18-7-3/h15-18H,5-14H2,1-4H3. The van der Waals surface area contributed by atoms with Gasteiger partial charge in [-0.15, -0.1) is 0 Å². The molecule has 0 aromatic rings. The van der Waals surface area contributed by atoms with E-state index in [2.05, 4.69) is 37.9 Å². The van der Waals surface area contributed by atoms with Gasteiger partial charge in [0.1, 0.15) is 0 Å². The zero-order valence-electron chi connectivity index (χ0n) is 13.8. The van der Waals surface area contributed by atoms with Crippen LogP contribution in [0.1, 0.15) is 72.6 Å². The zero-order valence-corrected chi connectivity index (χ0v) is 13.8. The van der Waals surface area contributed by atoms with Crippen LogP contribution in [-0.2, 0) is 0 Å². The summed E-state index contributed by atoms with van der Waals surface area (Å²) < 4.78 is 0. The molecule has 0 radical (unpaired) electrons. The van der Waals surface area contributed by atoms with Gasteiger partial charge in [0.2, 0.25) is 0 Å². The number of rotatable bonds is 9. The van der Waals surface area contributed by atoms with Crippen molar-refractivity contribution in [2.75, 3.05) is 19.6 Å². The summed E-state index contributed by atoms with van der Waals surface area (Å²) in [5.74, 6) is 0.875. The summed E-state index contributed by atoms with van der Waals surface area (Å²) in [6, 6.07) is 1.52. The van der Waals surface area contributed by atoms with Crippen LogP contribution in [0.25, 0.3) is 0 Å². The van der Waals surface area contributed by atoms with Gasteiger partial charge in [-0.25, -0.2) is 0 Å². The molecule has 0 aromatic carbocycles. The van der Waals surface area contributed by atoms with Gasteiger partial charge in [-0.1, -0.05) is 40.0 Å². The maximum atomic E-state index is 3.73. The lowest BCUT2D eigenvalue weighted by Gasteiger charge is -2.38. The summed E-state index contributed by atoms with van der Waals surface area (Å²) in [7, 11) is 0. The molecule has 1 fully saturated rings. The van der Waals surface area contributed by atoms with E-state index in [0.717, 1.165) is 24.5 Å². The van der Waals surface area contributed by atoms with Crippen molar-refractivity contribution in [1.82, 2.24) is 10.2 Å². The van der Waals surface area contributed by atoms with Crippen molar-refractivity contribution in [1.29, 1.82) is 0 Å². The number of nitrogens with one attached hydrogen (secondary N) is 1. The molecule has 1 rings (SSSR count). The molecule has 3 unspecified atom stereocenters. The van der Waals surface area contributed by atoms with Crippen LogP contribution in [0.3, 0.4) is 0 Å². The lowest BCUT2D eigenvalue weighted by molar-refractivity contribution is 0.131. The Balaban J connectivity index is 2.53. The van der Waals surface area contributed by atoms with E-state index in [9.17, 15) is 0 Å². The van der Waals surface area contributed by atoms with Crippen LogP contribution in [0, 0.1) is 5.92 Å². The Kier molecular flexibility index (Phi) is 8.72. The molecule has 19 heavy (non-hydrogen) atoms. The summed E-state index contributed by atoms with van der Waals surface area (Å²) in [6.45, 7) is 13.0. The predicted molar refractivity (Wildman–Crippen MR) is 85.7 cm³/mol. The second-order valence-corrected chi connectivity index (χ2v) is 6.31.